The maximum absolute atomic E-state index is 10.3. The van der Waals surface area contributed by atoms with Gasteiger partial charge in [-0.05, 0) is 19.8 Å². The van der Waals surface area contributed by atoms with E-state index < -0.39 is 0 Å². The predicted molar refractivity (Wildman–Crippen MR) is 88.5 cm³/mol. The van der Waals surface area contributed by atoms with Crippen molar-refractivity contribution in [2.24, 2.45) is 5.41 Å². The summed E-state index contributed by atoms with van der Waals surface area (Å²) in [7, 11) is 0. The highest BCUT2D eigenvalue weighted by atomic mass is 32.1. The van der Waals surface area contributed by atoms with Gasteiger partial charge in [-0.25, -0.2) is 0 Å². The van der Waals surface area contributed by atoms with Gasteiger partial charge in [0.05, 0.1) is 12.2 Å². The van der Waals surface area contributed by atoms with Crippen LogP contribution in [0.5, 0.6) is 0 Å². The molecular formula is C16H27N3O2S. The molecule has 2 unspecified atom stereocenters. The summed E-state index contributed by atoms with van der Waals surface area (Å²) in [6.45, 7) is 11.1. The zero-order valence-corrected chi connectivity index (χ0v) is 14.8. The lowest BCUT2D eigenvalue weighted by molar-refractivity contribution is -0.199. The highest BCUT2D eigenvalue weighted by Gasteiger charge is 2.56. The SMILES string of the molecule is CCOC1CC(O)C12CCN(c1nnc(C(C)(C)C)s1)CC2. The van der Waals surface area contributed by atoms with Crippen molar-refractivity contribution in [2.75, 3.05) is 24.6 Å². The number of nitrogens with zero attached hydrogens (tertiary/aromatic N) is 3. The van der Waals surface area contributed by atoms with Gasteiger partial charge in [0.15, 0.2) is 0 Å². The Hall–Kier alpha value is -0.720. The first-order chi connectivity index (χ1) is 10.4. The third-order valence-electron chi connectivity index (χ3n) is 5.13. The van der Waals surface area contributed by atoms with Crippen LogP contribution >= 0.6 is 11.3 Å². The number of aliphatic hydroxyl groups excluding tert-OH is 1. The molecule has 1 aromatic heterocycles. The van der Waals surface area contributed by atoms with Gasteiger partial charge in [0.1, 0.15) is 5.01 Å². The summed E-state index contributed by atoms with van der Waals surface area (Å²) in [4.78, 5) is 2.31. The Morgan fingerprint density at radius 1 is 1.32 bits per heavy atom. The minimum absolute atomic E-state index is 0.0238. The van der Waals surface area contributed by atoms with E-state index in [4.69, 9.17) is 4.74 Å². The zero-order chi connectivity index (χ0) is 16.0. The average Bonchev–Trinajstić information content (AvgIpc) is 2.97. The topological polar surface area (TPSA) is 58.5 Å². The molecule has 124 valence electrons. The quantitative estimate of drug-likeness (QED) is 0.925. The van der Waals surface area contributed by atoms with E-state index in [1.165, 1.54) is 0 Å². The van der Waals surface area contributed by atoms with Crippen LogP contribution in [0.25, 0.3) is 0 Å². The third-order valence-corrected chi connectivity index (χ3v) is 6.54. The molecule has 1 N–H and O–H groups in total. The van der Waals surface area contributed by atoms with Gasteiger partial charge in [-0.2, -0.15) is 0 Å². The molecule has 3 rings (SSSR count). The number of aromatic nitrogens is 2. The Balaban J connectivity index is 1.65. The second kappa shape index (κ2) is 5.73. The Kier molecular flexibility index (Phi) is 4.20. The van der Waals surface area contributed by atoms with Crippen LogP contribution in [0.15, 0.2) is 0 Å². The number of piperidine rings is 1. The zero-order valence-electron chi connectivity index (χ0n) is 14.0. The second-order valence-electron chi connectivity index (χ2n) is 7.56. The largest absolute Gasteiger partial charge is 0.392 e. The number of aliphatic hydroxyl groups is 1. The molecule has 1 saturated carbocycles. The lowest BCUT2D eigenvalue weighted by Crippen LogP contribution is -2.62. The summed E-state index contributed by atoms with van der Waals surface area (Å²) in [5.74, 6) is 0. The van der Waals surface area contributed by atoms with Gasteiger partial charge in [-0.1, -0.05) is 32.1 Å². The molecule has 2 heterocycles. The summed E-state index contributed by atoms with van der Waals surface area (Å²) in [6, 6.07) is 0. The van der Waals surface area contributed by atoms with Gasteiger partial charge in [0.2, 0.25) is 5.13 Å². The smallest absolute Gasteiger partial charge is 0.208 e. The number of ether oxygens (including phenoxy) is 1. The van der Waals surface area contributed by atoms with Crippen LogP contribution in [0.1, 0.15) is 52.0 Å². The van der Waals surface area contributed by atoms with Crippen LogP contribution in [0.2, 0.25) is 0 Å². The Labute approximate surface area is 136 Å². The average molecular weight is 325 g/mol. The van der Waals surface area contributed by atoms with Crippen molar-refractivity contribution >= 4 is 16.5 Å². The summed E-state index contributed by atoms with van der Waals surface area (Å²) in [5.41, 5.74) is 0.0290. The molecule has 1 aromatic rings. The fourth-order valence-electron chi connectivity index (χ4n) is 3.58. The van der Waals surface area contributed by atoms with Gasteiger partial charge in [-0.3, -0.25) is 0 Å². The monoisotopic (exact) mass is 325 g/mol. The summed E-state index contributed by atoms with van der Waals surface area (Å²) < 4.78 is 5.83. The molecule has 1 saturated heterocycles. The van der Waals surface area contributed by atoms with Crippen LogP contribution < -0.4 is 4.90 Å². The number of hydrogen-bond acceptors (Lipinski definition) is 6. The lowest BCUT2D eigenvalue weighted by Gasteiger charge is -2.56. The van der Waals surface area contributed by atoms with Crippen molar-refractivity contribution in [3.63, 3.8) is 0 Å². The van der Waals surface area contributed by atoms with Crippen molar-refractivity contribution in [1.82, 2.24) is 10.2 Å². The van der Waals surface area contributed by atoms with Gasteiger partial charge < -0.3 is 14.7 Å². The van der Waals surface area contributed by atoms with Crippen molar-refractivity contribution in [2.45, 2.75) is 64.6 Å². The maximum atomic E-state index is 10.3. The fraction of sp³-hybridized carbons (Fsp3) is 0.875. The van der Waals surface area contributed by atoms with E-state index in [1.54, 1.807) is 11.3 Å². The van der Waals surface area contributed by atoms with Crippen molar-refractivity contribution in [3.8, 4) is 0 Å². The second-order valence-corrected chi connectivity index (χ2v) is 8.51. The van der Waals surface area contributed by atoms with Gasteiger partial charge in [-0.15, -0.1) is 10.2 Å². The fourth-order valence-corrected chi connectivity index (χ4v) is 4.53. The Morgan fingerprint density at radius 2 is 2.00 bits per heavy atom. The first-order valence-corrected chi connectivity index (χ1v) is 9.07. The molecule has 5 nitrogen and oxygen atoms in total. The first kappa shape index (κ1) is 16.1. The van der Waals surface area contributed by atoms with Crippen LogP contribution in [0.4, 0.5) is 5.13 Å². The van der Waals surface area contributed by atoms with E-state index in [-0.39, 0.29) is 23.0 Å². The van der Waals surface area contributed by atoms with Crippen molar-refractivity contribution in [3.05, 3.63) is 5.01 Å². The molecule has 6 heteroatoms. The molecule has 1 spiro atoms. The van der Waals surface area contributed by atoms with E-state index in [0.717, 1.165) is 49.1 Å². The standard InChI is InChI=1S/C16H27N3O2S/c1-5-21-12-10-11(20)16(12)6-8-19(9-7-16)14-18-17-13(22-14)15(2,3)4/h11-12,20H,5-10H2,1-4H3. The van der Waals surface area contributed by atoms with Gasteiger partial charge in [0.25, 0.3) is 0 Å². The van der Waals surface area contributed by atoms with E-state index in [0.29, 0.717) is 0 Å². The van der Waals surface area contributed by atoms with E-state index in [2.05, 4.69) is 35.9 Å². The number of anilines is 1. The molecular weight excluding hydrogens is 298 g/mol. The van der Waals surface area contributed by atoms with E-state index in [1.807, 2.05) is 6.92 Å². The van der Waals surface area contributed by atoms with Gasteiger partial charge >= 0.3 is 0 Å². The summed E-state index contributed by atoms with van der Waals surface area (Å²) in [5, 5.41) is 21.1. The van der Waals surface area contributed by atoms with E-state index in [9.17, 15) is 5.11 Å². The number of hydrogen-bond donors (Lipinski definition) is 1. The highest BCUT2D eigenvalue weighted by molar-refractivity contribution is 7.15. The predicted octanol–water partition coefficient (Wildman–Crippen LogP) is 2.59. The lowest BCUT2D eigenvalue weighted by atomic mass is 9.58. The summed E-state index contributed by atoms with van der Waals surface area (Å²) >= 11 is 1.69. The molecule has 1 aliphatic carbocycles. The van der Waals surface area contributed by atoms with Crippen LogP contribution in [0, 0.1) is 5.41 Å². The van der Waals surface area contributed by atoms with Gasteiger partial charge in [0, 0.05) is 36.9 Å². The molecule has 1 aliphatic heterocycles. The molecule has 0 aromatic carbocycles. The minimum Gasteiger partial charge on any atom is -0.392 e. The Bertz CT molecular complexity index is 516. The molecule has 0 radical (unpaired) electrons. The Morgan fingerprint density at radius 3 is 2.50 bits per heavy atom. The van der Waals surface area contributed by atoms with E-state index >= 15 is 0 Å². The van der Waals surface area contributed by atoms with Crippen LogP contribution in [-0.4, -0.2) is 47.2 Å². The van der Waals surface area contributed by atoms with Crippen LogP contribution in [-0.2, 0) is 10.2 Å². The molecule has 2 atom stereocenters. The van der Waals surface area contributed by atoms with Crippen LogP contribution in [0.3, 0.4) is 0 Å². The number of rotatable bonds is 3. The summed E-state index contributed by atoms with van der Waals surface area (Å²) in [6.07, 6.45) is 2.77. The highest BCUT2D eigenvalue weighted by Crippen LogP contribution is 2.51. The van der Waals surface area contributed by atoms with Crippen molar-refractivity contribution in [1.29, 1.82) is 0 Å². The third kappa shape index (κ3) is 2.65. The normalized spacial score (nSPS) is 28.0. The molecule has 2 aliphatic rings. The molecule has 0 bridgehead atoms. The molecule has 2 fully saturated rings. The molecule has 0 amide bonds. The van der Waals surface area contributed by atoms with Crippen molar-refractivity contribution < 1.29 is 9.84 Å². The first-order valence-electron chi connectivity index (χ1n) is 8.25. The minimum atomic E-state index is -0.203. The molecule has 22 heavy (non-hydrogen) atoms. The maximum Gasteiger partial charge on any atom is 0.208 e.